The number of hydrogen-bond donors (Lipinski definition) is 3. The van der Waals surface area contributed by atoms with Gasteiger partial charge in [-0.3, -0.25) is 9.52 Å². The fourth-order valence-electron chi connectivity index (χ4n) is 2.97. The SMILES string of the molecule is CC[NH+](CC)CCCNC(=O)c1ccc(Cl)c(S(=O)(=O)Nc2ccc(OC)cc2)c1. The zero-order valence-electron chi connectivity index (χ0n) is 17.5. The van der Waals surface area contributed by atoms with Crippen LogP contribution in [-0.4, -0.2) is 47.6 Å². The van der Waals surface area contributed by atoms with Gasteiger partial charge in [0.25, 0.3) is 15.9 Å². The van der Waals surface area contributed by atoms with Crippen molar-refractivity contribution in [2.75, 3.05) is 38.0 Å². The van der Waals surface area contributed by atoms with Gasteiger partial charge in [0.2, 0.25) is 0 Å². The first kappa shape index (κ1) is 24.0. The highest BCUT2D eigenvalue weighted by molar-refractivity contribution is 7.92. The Hall–Kier alpha value is -2.29. The number of ether oxygens (including phenoxy) is 1. The van der Waals surface area contributed by atoms with Gasteiger partial charge >= 0.3 is 0 Å². The van der Waals surface area contributed by atoms with Crippen LogP contribution in [0.1, 0.15) is 30.6 Å². The smallest absolute Gasteiger partial charge is 0.263 e. The van der Waals surface area contributed by atoms with Gasteiger partial charge in [-0.15, -0.1) is 0 Å². The third kappa shape index (κ3) is 6.62. The van der Waals surface area contributed by atoms with E-state index in [1.807, 2.05) is 0 Å². The van der Waals surface area contributed by atoms with Crippen molar-refractivity contribution in [2.45, 2.75) is 25.2 Å². The molecule has 0 aliphatic rings. The zero-order valence-corrected chi connectivity index (χ0v) is 19.1. The molecule has 0 spiro atoms. The summed E-state index contributed by atoms with van der Waals surface area (Å²) in [5.41, 5.74) is 0.602. The maximum atomic E-state index is 12.8. The molecule has 2 aromatic carbocycles. The predicted molar refractivity (Wildman–Crippen MR) is 119 cm³/mol. The summed E-state index contributed by atoms with van der Waals surface area (Å²) in [6.45, 7) is 7.85. The van der Waals surface area contributed by atoms with Crippen LogP contribution < -0.4 is 19.7 Å². The van der Waals surface area contributed by atoms with Crippen LogP contribution in [0.3, 0.4) is 0 Å². The highest BCUT2D eigenvalue weighted by Crippen LogP contribution is 2.26. The Balaban J connectivity index is 2.08. The fourth-order valence-corrected chi connectivity index (χ4v) is 4.55. The quantitative estimate of drug-likeness (QED) is 0.454. The van der Waals surface area contributed by atoms with E-state index in [9.17, 15) is 13.2 Å². The molecule has 0 aliphatic heterocycles. The van der Waals surface area contributed by atoms with Crippen molar-refractivity contribution in [3.63, 3.8) is 0 Å². The number of anilines is 1. The molecule has 9 heteroatoms. The number of sulfonamides is 1. The van der Waals surface area contributed by atoms with Crippen LogP contribution in [0.15, 0.2) is 47.4 Å². The minimum Gasteiger partial charge on any atom is -0.497 e. The second kappa shape index (κ2) is 11.2. The zero-order chi connectivity index (χ0) is 22.1. The highest BCUT2D eigenvalue weighted by Gasteiger charge is 2.20. The number of carbonyl (C=O) groups excluding carboxylic acids is 1. The van der Waals surface area contributed by atoms with Crippen molar-refractivity contribution in [1.82, 2.24) is 5.32 Å². The largest absolute Gasteiger partial charge is 0.497 e. The molecular weight excluding hydrogens is 426 g/mol. The number of hydrogen-bond acceptors (Lipinski definition) is 4. The summed E-state index contributed by atoms with van der Waals surface area (Å²) in [6, 6.07) is 10.7. The van der Waals surface area contributed by atoms with Crippen LogP contribution in [0.4, 0.5) is 5.69 Å². The number of amides is 1. The van der Waals surface area contributed by atoms with E-state index in [1.54, 1.807) is 24.3 Å². The molecule has 2 rings (SSSR count). The van der Waals surface area contributed by atoms with Gasteiger partial charge < -0.3 is 15.0 Å². The van der Waals surface area contributed by atoms with Gasteiger partial charge in [-0.25, -0.2) is 8.42 Å². The number of quaternary nitrogens is 1. The van der Waals surface area contributed by atoms with E-state index in [2.05, 4.69) is 23.9 Å². The van der Waals surface area contributed by atoms with Crippen LogP contribution in [0.2, 0.25) is 5.02 Å². The van der Waals surface area contributed by atoms with Crippen molar-refractivity contribution < 1.29 is 22.8 Å². The van der Waals surface area contributed by atoms with Crippen LogP contribution in [-0.2, 0) is 10.0 Å². The molecule has 30 heavy (non-hydrogen) atoms. The van der Waals surface area contributed by atoms with E-state index in [-0.39, 0.29) is 21.4 Å². The van der Waals surface area contributed by atoms with Gasteiger partial charge in [-0.05, 0) is 56.3 Å². The van der Waals surface area contributed by atoms with Gasteiger partial charge in [0.15, 0.2) is 0 Å². The van der Waals surface area contributed by atoms with Crippen LogP contribution in [0.25, 0.3) is 0 Å². The number of rotatable bonds is 11. The predicted octanol–water partition coefficient (Wildman–Crippen LogP) is 2.19. The molecule has 0 aliphatic carbocycles. The van der Waals surface area contributed by atoms with Gasteiger partial charge in [-0.2, -0.15) is 0 Å². The van der Waals surface area contributed by atoms with E-state index < -0.39 is 10.0 Å². The third-order valence-electron chi connectivity index (χ3n) is 4.82. The van der Waals surface area contributed by atoms with E-state index in [0.717, 1.165) is 26.1 Å². The standard InChI is InChI=1S/C21H28ClN3O4S/c1-4-25(5-2)14-6-13-23-21(26)16-7-12-19(22)20(15-16)30(27,28)24-17-8-10-18(29-3)11-9-17/h7-12,15,24H,4-6,13-14H2,1-3H3,(H,23,26)/p+1. The molecule has 0 aromatic heterocycles. The molecule has 0 bridgehead atoms. The lowest BCUT2D eigenvalue weighted by Crippen LogP contribution is -3.11. The lowest BCUT2D eigenvalue weighted by atomic mass is 10.2. The summed E-state index contributed by atoms with van der Waals surface area (Å²) in [5.74, 6) is 0.277. The topological polar surface area (TPSA) is 88.9 Å². The highest BCUT2D eigenvalue weighted by atomic mass is 35.5. The van der Waals surface area contributed by atoms with Gasteiger partial charge in [0.1, 0.15) is 10.6 Å². The molecule has 1 amide bonds. The Labute approximate surface area is 183 Å². The average Bonchev–Trinajstić information content (AvgIpc) is 2.74. The minimum absolute atomic E-state index is 0.0395. The van der Waals surface area contributed by atoms with Crippen LogP contribution >= 0.6 is 11.6 Å². The summed E-state index contributed by atoms with van der Waals surface area (Å²) in [5, 5.41) is 2.88. The Morgan fingerprint density at radius 3 is 2.37 bits per heavy atom. The van der Waals surface area contributed by atoms with Gasteiger partial charge in [0, 0.05) is 24.2 Å². The molecule has 7 nitrogen and oxygen atoms in total. The van der Waals surface area contributed by atoms with Crippen molar-refractivity contribution in [3.05, 3.63) is 53.1 Å². The first-order valence-corrected chi connectivity index (χ1v) is 11.7. The second-order valence-electron chi connectivity index (χ2n) is 6.80. The molecule has 164 valence electrons. The van der Waals surface area contributed by atoms with E-state index in [4.69, 9.17) is 16.3 Å². The Morgan fingerprint density at radius 1 is 1.10 bits per heavy atom. The van der Waals surface area contributed by atoms with Crippen LogP contribution in [0, 0.1) is 0 Å². The number of benzene rings is 2. The third-order valence-corrected chi connectivity index (χ3v) is 6.68. The molecule has 0 fully saturated rings. The van der Waals surface area contributed by atoms with Crippen molar-refractivity contribution in [1.29, 1.82) is 0 Å². The fraction of sp³-hybridized carbons (Fsp3) is 0.381. The van der Waals surface area contributed by atoms with E-state index in [0.29, 0.717) is 18.0 Å². The van der Waals surface area contributed by atoms with Crippen LogP contribution in [0.5, 0.6) is 5.75 Å². The Morgan fingerprint density at radius 2 is 1.77 bits per heavy atom. The van der Waals surface area contributed by atoms with E-state index >= 15 is 0 Å². The average molecular weight is 455 g/mol. The summed E-state index contributed by atoms with van der Waals surface area (Å²) < 4.78 is 33.1. The maximum absolute atomic E-state index is 12.8. The van der Waals surface area contributed by atoms with Gasteiger partial charge in [0.05, 0.1) is 31.8 Å². The lowest BCUT2D eigenvalue weighted by Gasteiger charge is -2.15. The molecule has 0 saturated carbocycles. The number of carbonyl (C=O) groups is 1. The first-order valence-electron chi connectivity index (χ1n) is 9.88. The number of halogens is 1. The molecule has 0 radical (unpaired) electrons. The molecule has 0 heterocycles. The number of methoxy groups -OCH3 is 1. The normalized spacial score (nSPS) is 11.4. The monoisotopic (exact) mass is 454 g/mol. The Kier molecular flexibility index (Phi) is 8.95. The van der Waals surface area contributed by atoms with Crippen molar-refractivity contribution in [3.8, 4) is 5.75 Å². The van der Waals surface area contributed by atoms with E-state index in [1.165, 1.54) is 30.2 Å². The molecular formula is C21H29ClN3O4S+. The minimum atomic E-state index is -3.97. The van der Waals surface area contributed by atoms with Crippen molar-refractivity contribution in [2.24, 2.45) is 0 Å². The Bertz CT molecular complexity index is 945. The van der Waals surface area contributed by atoms with Crippen molar-refractivity contribution >= 4 is 33.2 Å². The summed E-state index contributed by atoms with van der Waals surface area (Å²) in [6.07, 6.45) is 0.848. The molecule has 0 unspecified atom stereocenters. The summed E-state index contributed by atoms with van der Waals surface area (Å²) in [7, 11) is -2.44. The summed E-state index contributed by atoms with van der Waals surface area (Å²) >= 11 is 6.12. The lowest BCUT2D eigenvalue weighted by molar-refractivity contribution is -0.896. The number of nitrogens with one attached hydrogen (secondary N) is 3. The molecule has 2 aromatic rings. The summed E-state index contributed by atoms with van der Waals surface area (Å²) in [4.78, 5) is 13.8. The molecule has 0 atom stereocenters. The molecule has 0 saturated heterocycles. The first-order chi connectivity index (χ1) is 14.3. The molecule has 3 N–H and O–H groups in total. The maximum Gasteiger partial charge on any atom is 0.263 e. The van der Waals surface area contributed by atoms with Gasteiger partial charge in [-0.1, -0.05) is 11.6 Å². The second-order valence-corrected chi connectivity index (χ2v) is 8.85.